The zero-order valence-corrected chi connectivity index (χ0v) is 16.3. The molecule has 0 saturated heterocycles. The van der Waals surface area contributed by atoms with E-state index in [9.17, 15) is 0 Å². The highest BCUT2D eigenvalue weighted by molar-refractivity contribution is 7.98. The summed E-state index contributed by atoms with van der Waals surface area (Å²) in [7, 11) is 4.34. The van der Waals surface area contributed by atoms with Crippen molar-refractivity contribution in [1.82, 2.24) is 4.90 Å². The molecule has 2 aromatic rings. The fourth-order valence-corrected chi connectivity index (χ4v) is 3.56. The van der Waals surface area contributed by atoms with Gasteiger partial charge in [0.15, 0.2) is 5.11 Å². The maximum absolute atomic E-state index is 5.67. The Morgan fingerprint density at radius 3 is 2.78 bits per heavy atom. The largest absolute Gasteiger partial charge is 0.338 e. The number of nitrogens with one attached hydrogen (secondary N) is 2. The van der Waals surface area contributed by atoms with Gasteiger partial charge in [0.2, 0.25) is 0 Å². The van der Waals surface area contributed by atoms with Crippen LogP contribution in [-0.2, 0) is 6.54 Å². The minimum absolute atomic E-state index is 0.790. The van der Waals surface area contributed by atoms with Gasteiger partial charge in [-0.1, -0.05) is 12.1 Å². The highest BCUT2D eigenvalue weighted by Gasteiger charge is 2.13. The van der Waals surface area contributed by atoms with Gasteiger partial charge < -0.3 is 15.1 Å². The van der Waals surface area contributed by atoms with Crippen LogP contribution in [-0.4, -0.2) is 43.5 Å². The molecule has 1 aromatic carbocycles. The summed E-state index contributed by atoms with van der Waals surface area (Å²) in [6.45, 7) is 2.85. The lowest BCUT2D eigenvalue weighted by Gasteiger charge is -2.26. The molecule has 0 atom stereocenters. The van der Waals surface area contributed by atoms with Gasteiger partial charge in [-0.05, 0) is 48.1 Å². The van der Waals surface area contributed by atoms with Crippen LogP contribution in [0.25, 0.3) is 0 Å². The second-order valence-corrected chi connectivity index (χ2v) is 7.92. The number of benzene rings is 1. The molecule has 0 unspecified atom stereocenters. The quantitative estimate of drug-likeness (QED) is 0.580. The van der Waals surface area contributed by atoms with Crippen molar-refractivity contribution in [2.24, 2.45) is 0 Å². The van der Waals surface area contributed by atoms with Crippen molar-refractivity contribution in [3.05, 3.63) is 46.7 Å². The summed E-state index contributed by atoms with van der Waals surface area (Å²) < 4.78 is 0. The van der Waals surface area contributed by atoms with Gasteiger partial charge in [0, 0.05) is 15.5 Å². The van der Waals surface area contributed by atoms with Crippen LogP contribution < -0.4 is 10.2 Å². The number of hydrogen-bond donors (Lipinski definition) is 2. The molecule has 2 rings (SSSR count). The molecular weight excluding hydrogens is 342 g/mol. The molecule has 0 bridgehead atoms. The number of rotatable bonds is 7. The highest BCUT2D eigenvalue weighted by atomic mass is 32.2. The Morgan fingerprint density at radius 2 is 2.13 bits per heavy atom. The van der Waals surface area contributed by atoms with E-state index in [-0.39, 0.29) is 0 Å². The molecule has 0 aliphatic rings. The first kappa shape index (κ1) is 18.3. The molecule has 1 heterocycles. The van der Waals surface area contributed by atoms with Crippen molar-refractivity contribution in [1.29, 1.82) is 0 Å². The van der Waals surface area contributed by atoms with Crippen molar-refractivity contribution in [3.63, 3.8) is 0 Å². The number of thioether (sulfide) groups is 1. The van der Waals surface area contributed by atoms with Crippen LogP contribution >= 0.6 is 35.3 Å². The van der Waals surface area contributed by atoms with Gasteiger partial charge in [-0.2, -0.15) is 0 Å². The molecule has 3 nitrogen and oxygen atoms in total. The number of thiophene rings is 1. The number of nitrogens with zero attached hydrogens (tertiary/aromatic N) is 1. The predicted molar refractivity (Wildman–Crippen MR) is 107 cm³/mol. The molecule has 0 aliphatic heterocycles. The molecule has 0 radical (unpaired) electrons. The van der Waals surface area contributed by atoms with Crippen LogP contribution in [0.1, 0.15) is 4.88 Å². The molecular formula is C17H24N3S3+. The first-order valence-corrected chi connectivity index (χ1v) is 10.1. The third-order valence-electron chi connectivity index (χ3n) is 3.42. The molecule has 0 amide bonds. The molecule has 23 heavy (non-hydrogen) atoms. The number of hydrogen-bond acceptors (Lipinski definition) is 3. The monoisotopic (exact) mass is 366 g/mol. The normalized spacial score (nSPS) is 10.8. The number of likely N-dealkylation sites (N-methyl/N-ethyl adjacent to an activating group) is 1. The van der Waals surface area contributed by atoms with Gasteiger partial charge in [0.05, 0.1) is 33.7 Å². The van der Waals surface area contributed by atoms with E-state index < -0.39 is 0 Å². The Bertz CT molecular complexity index is 611. The van der Waals surface area contributed by atoms with E-state index in [1.54, 1.807) is 23.1 Å². The van der Waals surface area contributed by atoms with Crippen molar-refractivity contribution >= 4 is 46.1 Å². The zero-order valence-electron chi connectivity index (χ0n) is 13.8. The summed E-state index contributed by atoms with van der Waals surface area (Å²) in [5.41, 5.74) is 1.05. The SMILES string of the molecule is CSc1cccc(NC(=S)N(CC[NH+](C)C)Cc2cccs2)c1. The van der Waals surface area contributed by atoms with Crippen LogP contribution in [0.2, 0.25) is 0 Å². The third-order valence-corrected chi connectivity index (χ3v) is 5.36. The molecule has 1 aromatic heterocycles. The summed E-state index contributed by atoms with van der Waals surface area (Å²) in [5.74, 6) is 0. The Kier molecular flexibility index (Phi) is 7.36. The minimum atomic E-state index is 0.790. The zero-order chi connectivity index (χ0) is 16.7. The topological polar surface area (TPSA) is 19.7 Å². The van der Waals surface area contributed by atoms with Gasteiger partial charge in [0.25, 0.3) is 0 Å². The van der Waals surface area contributed by atoms with E-state index in [4.69, 9.17) is 12.2 Å². The Labute approximate surface area is 152 Å². The van der Waals surface area contributed by atoms with Gasteiger partial charge in [-0.25, -0.2) is 0 Å². The van der Waals surface area contributed by atoms with Gasteiger partial charge in [0.1, 0.15) is 0 Å². The fraction of sp³-hybridized carbons (Fsp3) is 0.353. The van der Waals surface area contributed by atoms with E-state index in [2.05, 4.69) is 72.3 Å². The lowest BCUT2D eigenvalue weighted by atomic mass is 10.3. The maximum atomic E-state index is 5.67. The van der Waals surface area contributed by atoms with Crippen LogP contribution in [0.3, 0.4) is 0 Å². The summed E-state index contributed by atoms with van der Waals surface area (Å²) in [4.78, 5) is 6.24. The molecule has 124 valence electrons. The fourth-order valence-electron chi connectivity index (χ4n) is 2.10. The van der Waals surface area contributed by atoms with Crippen molar-refractivity contribution in [3.8, 4) is 0 Å². The van der Waals surface area contributed by atoms with E-state index >= 15 is 0 Å². The van der Waals surface area contributed by atoms with Crippen LogP contribution in [0, 0.1) is 0 Å². The van der Waals surface area contributed by atoms with E-state index in [0.717, 1.165) is 30.4 Å². The molecule has 0 aliphatic carbocycles. The van der Waals surface area contributed by atoms with Crippen LogP contribution in [0.4, 0.5) is 5.69 Å². The lowest BCUT2D eigenvalue weighted by Crippen LogP contribution is -3.06. The molecule has 6 heteroatoms. The predicted octanol–water partition coefficient (Wildman–Crippen LogP) is 2.81. The Balaban J connectivity index is 2.04. The average Bonchev–Trinajstić information content (AvgIpc) is 3.04. The van der Waals surface area contributed by atoms with E-state index in [1.165, 1.54) is 14.7 Å². The number of thiocarbonyl (C=S) groups is 1. The molecule has 2 N–H and O–H groups in total. The summed E-state index contributed by atoms with van der Waals surface area (Å²) in [6.07, 6.45) is 2.08. The van der Waals surface area contributed by atoms with Gasteiger partial charge in [-0.3, -0.25) is 0 Å². The Hall–Kier alpha value is -1.08. The first-order valence-electron chi connectivity index (χ1n) is 7.60. The number of quaternary nitrogens is 1. The molecule has 0 spiro atoms. The van der Waals surface area contributed by atoms with Crippen molar-refractivity contribution < 1.29 is 4.90 Å². The summed E-state index contributed by atoms with van der Waals surface area (Å²) in [6, 6.07) is 12.6. The number of anilines is 1. The lowest BCUT2D eigenvalue weighted by molar-refractivity contribution is -0.857. The van der Waals surface area contributed by atoms with E-state index in [1.807, 2.05) is 0 Å². The van der Waals surface area contributed by atoms with E-state index in [0.29, 0.717) is 0 Å². The van der Waals surface area contributed by atoms with Crippen LogP contribution in [0.5, 0.6) is 0 Å². The standard InChI is InChI=1S/C17H23N3S3/c1-19(2)9-10-20(13-16-8-5-11-23-16)17(21)18-14-6-4-7-15(12-14)22-3/h4-8,11-12H,9-10,13H2,1-3H3,(H,18,21)/p+1. The maximum Gasteiger partial charge on any atom is 0.173 e. The Morgan fingerprint density at radius 1 is 1.30 bits per heavy atom. The first-order chi connectivity index (χ1) is 11.1. The van der Waals surface area contributed by atoms with Crippen LogP contribution in [0.15, 0.2) is 46.7 Å². The second kappa shape index (κ2) is 9.27. The molecule has 0 fully saturated rings. The highest BCUT2D eigenvalue weighted by Crippen LogP contribution is 2.20. The third kappa shape index (κ3) is 6.14. The second-order valence-electron chi connectivity index (χ2n) is 5.62. The minimum Gasteiger partial charge on any atom is -0.338 e. The molecule has 0 saturated carbocycles. The van der Waals surface area contributed by atoms with Crippen molar-refractivity contribution in [2.45, 2.75) is 11.4 Å². The van der Waals surface area contributed by atoms with Gasteiger partial charge >= 0.3 is 0 Å². The average molecular weight is 367 g/mol. The van der Waals surface area contributed by atoms with Crippen molar-refractivity contribution in [2.75, 3.05) is 38.8 Å². The van der Waals surface area contributed by atoms with Gasteiger partial charge in [-0.15, -0.1) is 23.1 Å². The smallest absolute Gasteiger partial charge is 0.173 e. The summed E-state index contributed by atoms with van der Waals surface area (Å²) >= 11 is 9.18. The summed E-state index contributed by atoms with van der Waals surface area (Å²) in [5, 5.41) is 6.30.